The van der Waals surface area contributed by atoms with Gasteiger partial charge in [-0.1, -0.05) is 28.8 Å². The normalized spacial score (nSPS) is 19.6. The fourth-order valence-corrected chi connectivity index (χ4v) is 4.58. The van der Waals surface area contributed by atoms with E-state index in [0.29, 0.717) is 0 Å². The fraction of sp³-hybridized carbons (Fsp3) is 0.667. The summed E-state index contributed by atoms with van der Waals surface area (Å²) in [6, 6.07) is 4.39. The molecule has 0 bridgehead atoms. The van der Waals surface area contributed by atoms with Crippen molar-refractivity contribution < 1.29 is 0 Å². The summed E-state index contributed by atoms with van der Waals surface area (Å²) in [6.07, 6.45) is 8.27. The van der Waals surface area contributed by atoms with Crippen LogP contribution in [0.1, 0.15) is 37.0 Å². The van der Waals surface area contributed by atoms with Crippen molar-refractivity contribution in [2.75, 3.05) is 0 Å². The summed E-state index contributed by atoms with van der Waals surface area (Å²) in [7, 11) is 0. The molecule has 1 heterocycles. The zero-order valence-corrected chi connectivity index (χ0v) is 12.7. The summed E-state index contributed by atoms with van der Waals surface area (Å²) < 4.78 is 1.25. The van der Waals surface area contributed by atoms with Crippen molar-refractivity contribution in [3.05, 3.63) is 20.8 Å². The van der Waals surface area contributed by atoms with Crippen LogP contribution in [-0.4, -0.2) is 4.83 Å². The lowest BCUT2D eigenvalue weighted by Crippen LogP contribution is -2.11. The van der Waals surface area contributed by atoms with Gasteiger partial charge in [0.05, 0.1) is 3.79 Å². The molecule has 0 aliphatic heterocycles. The average molecular weight is 352 g/mol. The van der Waals surface area contributed by atoms with Crippen LogP contribution in [0.15, 0.2) is 15.9 Å². The van der Waals surface area contributed by atoms with E-state index < -0.39 is 0 Å². The van der Waals surface area contributed by atoms with Crippen molar-refractivity contribution in [3.8, 4) is 0 Å². The molecule has 1 aliphatic carbocycles. The fourth-order valence-electron chi connectivity index (χ4n) is 2.32. The number of thiophene rings is 1. The van der Waals surface area contributed by atoms with Crippen LogP contribution in [0.2, 0.25) is 0 Å². The molecule has 1 aliphatic rings. The molecule has 1 aromatic heterocycles. The molecular weight excluding hydrogens is 336 g/mol. The van der Waals surface area contributed by atoms with Gasteiger partial charge in [0.15, 0.2) is 0 Å². The molecule has 1 fully saturated rings. The van der Waals surface area contributed by atoms with Gasteiger partial charge in [0, 0.05) is 9.70 Å². The van der Waals surface area contributed by atoms with Gasteiger partial charge in [-0.3, -0.25) is 0 Å². The Morgan fingerprint density at radius 2 is 2.07 bits per heavy atom. The zero-order valence-electron chi connectivity index (χ0n) is 8.72. The number of hydrogen-bond acceptors (Lipinski definition) is 1. The summed E-state index contributed by atoms with van der Waals surface area (Å²) in [5.74, 6) is 0.938. The van der Waals surface area contributed by atoms with Gasteiger partial charge >= 0.3 is 0 Å². The van der Waals surface area contributed by atoms with E-state index in [9.17, 15) is 0 Å². The minimum atomic E-state index is 0.737. The quantitative estimate of drug-likeness (QED) is 0.637. The lowest BCUT2D eigenvalue weighted by atomic mass is 10.0. The second kappa shape index (κ2) is 5.83. The largest absolute Gasteiger partial charge is 0.133 e. The molecule has 0 nitrogen and oxygen atoms in total. The number of rotatable bonds is 4. The molecule has 1 saturated carbocycles. The van der Waals surface area contributed by atoms with Crippen LogP contribution in [-0.2, 0) is 6.42 Å². The summed E-state index contributed by atoms with van der Waals surface area (Å²) in [6.45, 7) is 0. The maximum atomic E-state index is 3.86. The first-order chi connectivity index (χ1) is 7.25. The van der Waals surface area contributed by atoms with Crippen molar-refractivity contribution in [1.82, 2.24) is 0 Å². The Morgan fingerprint density at radius 3 is 2.67 bits per heavy atom. The number of alkyl halides is 1. The van der Waals surface area contributed by atoms with E-state index in [0.717, 1.165) is 10.7 Å². The van der Waals surface area contributed by atoms with Crippen molar-refractivity contribution in [3.63, 3.8) is 0 Å². The van der Waals surface area contributed by atoms with Gasteiger partial charge in [-0.05, 0) is 59.7 Å². The SMILES string of the molecule is Brc1ccc(CCC(Br)C2CCCC2)s1. The van der Waals surface area contributed by atoms with Crippen molar-refractivity contribution in [2.45, 2.75) is 43.4 Å². The third-order valence-electron chi connectivity index (χ3n) is 3.21. The number of halogens is 2. The highest BCUT2D eigenvalue weighted by atomic mass is 79.9. The summed E-state index contributed by atoms with van der Waals surface area (Å²) in [5.41, 5.74) is 0. The molecule has 1 aromatic rings. The highest BCUT2D eigenvalue weighted by molar-refractivity contribution is 9.11. The van der Waals surface area contributed by atoms with Crippen LogP contribution < -0.4 is 0 Å². The Bertz CT molecular complexity index is 302. The molecule has 1 atom stereocenters. The molecule has 0 N–H and O–H groups in total. The first kappa shape index (κ1) is 12.1. The van der Waals surface area contributed by atoms with Crippen LogP contribution in [0, 0.1) is 5.92 Å². The van der Waals surface area contributed by atoms with Gasteiger partial charge in [0.1, 0.15) is 0 Å². The van der Waals surface area contributed by atoms with Gasteiger partial charge < -0.3 is 0 Å². The molecule has 0 radical (unpaired) electrons. The van der Waals surface area contributed by atoms with Crippen LogP contribution in [0.5, 0.6) is 0 Å². The lowest BCUT2D eigenvalue weighted by molar-refractivity contribution is 0.507. The predicted octanol–water partition coefficient (Wildman–Crippen LogP) is 5.40. The van der Waals surface area contributed by atoms with Gasteiger partial charge in [0.2, 0.25) is 0 Å². The Balaban J connectivity index is 1.77. The molecular formula is C12H16Br2S. The molecule has 2 rings (SSSR count). The van der Waals surface area contributed by atoms with Gasteiger partial charge in [-0.25, -0.2) is 0 Å². The number of hydrogen-bond donors (Lipinski definition) is 0. The van der Waals surface area contributed by atoms with Crippen molar-refractivity contribution in [2.24, 2.45) is 5.92 Å². The van der Waals surface area contributed by atoms with Crippen LogP contribution in [0.3, 0.4) is 0 Å². The van der Waals surface area contributed by atoms with E-state index in [1.807, 2.05) is 11.3 Å². The highest BCUT2D eigenvalue weighted by Gasteiger charge is 2.22. The molecule has 3 heteroatoms. The molecule has 84 valence electrons. The Kier molecular flexibility index (Phi) is 4.71. The predicted molar refractivity (Wildman–Crippen MR) is 75.0 cm³/mol. The first-order valence-corrected chi connectivity index (χ1v) is 8.16. The topological polar surface area (TPSA) is 0 Å². The van der Waals surface area contributed by atoms with Crippen LogP contribution in [0.4, 0.5) is 0 Å². The second-order valence-electron chi connectivity index (χ2n) is 4.31. The minimum absolute atomic E-state index is 0.737. The number of aryl methyl sites for hydroxylation is 1. The standard InChI is InChI=1S/C12H16Br2S/c13-11(9-3-1-2-4-9)7-5-10-6-8-12(14)15-10/h6,8-9,11H,1-5,7H2. The lowest BCUT2D eigenvalue weighted by Gasteiger charge is -2.16. The van der Waals surface area contributed by atoms with E-state index in [4.69, 9.17) is 0 Å². The molecule has 0 spiro atoms. The van der Waals surface area contributed by atoms with Gasteiger partial charge in [-0.15, -0.1) is 11.3 Å². The van der Waals surface area contributed by atoms with Gasteiger partial charge in [0.25, 0.3) is 0 Å². The Labute approximate surface area is 113 Å². The summed E-state index contributed by atoms with van der Waals surface area (Å²) >= 11 is 9.24. The Hall–Kier alpha value is 0.660. The molecule has 0 aromatic carbocycles. The molecule has 15 heavy (non-hydrogen) atoms. The maximum Gasteiger partial charge on any atom is 0.0701 e. The monoisotopic (exact) mass is 350 g/mol. The second-order valence-corrected chi connectivity index (χ2v) is 8.03. The van der Waals surface area contributed by atoms with Crippen molar-refractivity contribution in [1.29, 1.82) is 0 Å². The minimum Gasteiger partial charge on any atom is -0.133 e. The molecule has 1 unspecified atom stereocenters. The van der Waals surface area contributed by atoms with Crippen LogP contribution in [0.25, 0.3) is 0 Å². The smallest absolute Gasteiger partial charge is 0.0701 e. The summed E-state index contributed by atoms with van der Waals surface area (Å²) in [5, 5.41) is 0. The molecule has 0 saturated heterocycles. The van der Waals surface area contributed by atoms with Crippen molar-refractivity contribution >= 4 is 43.2 Å². The van der Waals surface area contributed by atoms with Gasteiger partial charge in [-0.2, -0.15) is 0 Å². The first-order valence-electron chi connectivity index (χ1n) is 5.64. The third kappa shape index (κ3) is 3.57. The third-order valence-corrected chi connectivity index (χ3v) is 6.10. The Morgan fingerprint density at radius 1 is 1.33 bits per heavy atom. The van der Waals surface area contributed by atoms with E-state index in [-0.39, 0.29) is 0 Å². The van der Waals surface area contributed by atoms with E-state index in [2.05, 4.69) is 44.0 Å². The zero-order chi connectivity index (χ0) is 10.7. The van der Waals surface area contributed by atoms with E-state index in [1.54, 1.807) is 0 Å². The maximum absolute atomic E-state index is 3.86. The average Bonchev–Trinajstić information content (AvgIpc) is 2.84. The highest BCUT2D eigenvalue weighted by Crippen LogP contribution is 2.34. The van der Waals surface area contributed by atoms with E-state index >= 15 is 0 Å². The van der Waals surface area contributed by atoms with E-state index in [1.165, 1.54) is 47.2 Å². The summed E-state index contributed by atoms with van der Waals surface area (Å²) in [4.78, 5) is 2.24. The van der Waals surface area contributed by atoms with Crippen LogP contribution >= 0.6 is 43.2 Å². The molecule has 0 amide bonds.